The fourth-order valence-electron chi connectivity index (χ4n) is 1.11. The minimum Gasteiger partial charge on any atom is -0.192 e. The molecule has 0 radical (unpaired) electrons. The predicted molar refractivity (Wildman–Crippen MR) is 74.7 cm³/mol. The third-order valence-electron chi connectivity index (χ3n) is 1.77. The molecule has 0 N–H and O–H groups in total. The molecule has 0 saturated heterocycles. The second-order valence-corrected chi connectivity index (χ2v) is 7.19. The molecular weight excluding hydrogens is 338 g/mol. The highest BCUT2D eigenvalue weighted by molar-refractivity contribution is 9.10. The normalized spacial score (nSPS) is 10.2. The van der Waals surface area contributed by atoms with E-state index in [1.165, 1.54) is 11.8 Å². The number of rotatable bonds is 3. The van der Waals surface area contributed by atoms with Gasteiger partial charge in [-0.1, -0.05) is 50.8 Å². The number of hydrogen-bond acceptors (Lipinski definition) is 6. The molecular formula is C10H6BrN3S3. The van der Waals surface area contributed by atoms with Crippen LogP contribution in [0.5, 0.6) is 0 Å². The van der Waals surface area contributed by atoms with Crippen LogP contribution in [0.3, 0.4) is 0 Å². The fourth-order valence-corrected chi connectivity index (χ4v) is 4.26. The van der Waals surface area contributed by atoms with Gasteiger partial charge in [0.15, 0.2) is 8.68 Å². The predicted octanol–water partition coefficient (Wildman–Crippen LogP) is 4.05. The van der Waals surface area contributed by atoms with E-state index in [0.717, 1.165) is 18.0 Å². The summed E-state index contributed by atoms with van der Waals surface area (Å²) in [5.74, 6) is 0. The minimum absolute atomic E-state index is 0.636. The van der Waals surface area contributed by atoms with Crippen molar-refractivity contribution in [3.63, 3.8) is 0 Å². The summed E-state index contributed by atoms with van der Waals surface area (Å²) < 4.78 is 2.73. The van der Waals surface area contributed by atoms with E-state index in [9.17, 15) is 0 Å². The van der Waals surface area contributed by atoms with Crippen LogP contribution in [0.2, 0.25) is 0 Å². The average molecular weight is 344 g/mol. The zero-order valence-electron chi connectivity index (χ0n) is 8.68. The Morgan fingerprint density at radius 1 is 1.29 bits per heavy atom. The number of nitrogens with zero attached hydrogens (tertiary/aromatic N) is 3. The Hall–Kier alpha value is -0.550. The highest BCUT2D eigenvalue weighted by atomic mass is 79.9. The lowest BCUT2D eigenvalue weighted by Crippen LogP contribution is -1.78. The topological polar surface area (TPSA) is 49.6 Å². The highest BCUT2D eigenvalue weighted by Gasteiger charge is 2.06. The van der Waals surface area contributed by atoms with Gasteiger partial charge < -0.3 is 0 Å². The molecule has 0 aliphatic heterocycles. The van der Waals surface area contributed by atoms with Crippen molar-refractivity contribution < 1.29 is 0 Å². The Balaban J connectivity index is 2.24. The van der Waals surface area contributed by atoms with Crippen LogP contribution in [0.25, 0.3) is 0 Å². The number of benzene rings is 1. The molecule has 0 aliphatic rings. The maximum absolute atomic E-state index is 8.89. The standard InChI is InChI=1S/C10H6BrN3S3/c1-15-9-13-14-10(17-9)16-8-3-6(5-12)2-7(11)4-8/h2-4H,1H3. The Kier molecular flexibility index (Phi) is 4.45. The molecule has 1 heterocycles. The van der Waals surface area contributed by atoms with Gasteiger partial charge in [0, 0.05) is 9.37 Å². The van der Waals surface area contributed by atoms with Crippen LogP contribution in [0, 0.1) is 11.3 Å². The first kappa shape index (κ1) is 12.9. The van der Waals surface area contributed by atoms with Gasteiger partial charge in [-0.2, -0.15) is 5.26 Å². The van der Waals surface area contributed by atoms with E-state index in [-0.39, 0.29) is 0 Å². The fraction of sp³-hybridized carbons (Fsp3) is 0.100. The van der Waals surface area contributed by atoms with Gasteiger partial charge in [-0.25, -0.2) is 0 Å². The molecule has 3 nitrogen and oxygen atoms in total. The molecule has 2 aromatic rings. The molecule has 0 amide bonds. The molecule has 0 aliphatic carbocycles. The van der Waals surface area contributed by atoms with E-state index in [2.05, 4.69) is 32.2 Å². The maximum Gasteiger partial charge on any atom is 0.179 e. The number of nitriles is 1. The first-order valence-corrected chi connectivity index (χ1v) is 8.12. The second kappa shape index (κ2) is 5.87. The third-order valence-corrected chi connectivity index (χ3v) is 5.15. The van der Waals surface area contributed by atoms with Crippen molar-refractivity contribution in [2.75, 3.05) is 6.26 Å². The van der Waals surface area contributed by atoms with Gasteiger partial charge in [0.05, 0.1) is 11.6 Å². The molecule has 1 aromatic carbocycles. The summed E-state index contributed by atoms with van der Waals surface area (Å²) in [6, 6.07) is 7.73. The summed E-state index contributed by atoms with van der Waals surface area (Å²) in [6.07, 6.45) is 1.97. The summed E-state index contributed by atoms with van der Waals surface area (Å²) in [4.78, 5) is 0.986. The van der Waals surface area contributed by atoms with Crippen molar-refractivity contribution in [2.45, 2.75) is 13.6 Å². The quantitative estimate of drug-likeness (QED) is 0.787. The first-order valence-electron chi connectivity index (χ1n) is 4.47. The summed E-state index contributed by atoms with van der Waals surface area (Å²) in [7, 11) is 0. The van der Waals surface area contributed by atoms with Crippen molar-refractivity contribution in [1.29, 1.82) is 5.26 Å². The zero-order valence-corrected chi connectivity index (χ0v) is 12.7. The van der Waals surface area contributed by atoms with Gasteiger partial charge in [-0.15, -0.1) is 10.2 Å². The van der Waals surface area contributed by atoms with E-state index in [4.69, 9.17) is 5.26 Å². The molecule has 0 spiro atoms. The van der Waals surface area contributed by atoms with E-state index in [1.807, 2.05) is 18.4 Å². The lowest BCUT2D eigenvalue weighted by atomic mass is 10.2. The first-order chi connectivity index (χ1) is 8.21. The molecule has 0 saturated carbocycles. The van der Waals surface area contributed by atoms with Crippen LogP contribution >= 0.6 is 50.8 Å². The van der Waals surface area contributed by atoms with E-state index < -0.39 is 0 Å². The highest BCUT2D eigenvalue weighted by Crippen LogP contribution is 2.34. The molecule has 17 heavy (non-hydrogen) atoms. The smallest absolute Gasteiger partial charge is 0.179 e. The Morgan fingerprint density at radius 3 is 2.71 bits per heavy atom. The molecule has 1 aromatic heterocycles. The van der Waals surface area contributed by atoms with Crippen LogP contribution in [0.4, 0.5) is 0 Å². The Bertz CT molecular complexity index is 576. The zero-order chi connectivity index (χ0) is 12.3. The van der Waals surface area contributed by atoms with Crippen LogP contribution < -0.4 is 0 Å². The van der Waals surface area contributed by atoms with Crippen molar-refractivity contribution in [1.82, 2.24) is 10.2 Å². The van der Waals surface area contributed by atoms with Gasteiger partial charge in [-0.05, 0) is 24.5 Å². The summed E-state index contributed by atoms with van der Waals surface area (Å²) in [5, 5.41) is 17.0. The number of aromatic nitrogens is 2. The third kappa shape index (κ3) is 3.45. The molecule has 0 atom stereocenters. The molecule has 0 fully saturated rings. The molecule has 86 valence electrons. The lowest BCUT2D eigenvalue weighted by Gasteiger charge is -1.99. The van der Waals surface area contributed by atoms with Crippen LogP contribution in [-0.2, 0) is 0 Å². The number of hydrogen-bond donors (Lipinski definition) is 0. The second-order valence-electron chi connectivity index (χ2n) is 2.93. The largest absolute Gasteiger partial charge is 0.192 e. The van der Waals surface area contributed by atoms with Gasteiger partial charge in [-0.3, -0.25) is 0 Å². The summed E-state index contributed by atoms with van der Waals surface area (Å²) in [5.41, 5.74) is 0.636. The van der Waals surface area contributed by atoms with Crippen LogP contribution in [0.15, 0.2) is 36.2 Å². The average Bonchev–Trinajstić information content (AvgIpc) is 2.76. The van der Waals surface area contributed by atoms with Gasteiger partial charge >= 0.3 is 0 Å². The van der Waals surface area contributed by atoms with E-state index >= 15 is 0 Å². The van der Waals surface area contributed by atoms with Crippen molar-refractivity contribution >= 4 is 50.8 Å². The van der Waals surface area contributed by atoms with Crippen molar-refractivity contribution in [3.05, 3.63) is 28.2 Å². The maximum atomic E-state index is 8.89. The van der Waals surface area contributed by atoms with Crippen LogP contribution in [0.1, 0.15) is 5.56 Å². The molecule has 2 rings (SSSR count). The molecule has 0 bridgehead atoms. The minimum atomic E-state index is 0.636. The van der Waals surface area contributed by atoms with Gasteiger partial charge in [0.1, 0.15) is 0 Å². The summed E-state index contributed by atoms with van der Waals surface area (Å²) >= 11 is 8.04. The summed E-state index contributed by atoms with van der Waals surface area (Å²) in [6.45, 7) is 0. The lowest BCUT2D eigenvalue weighted by molar-refractivity contribution is 0.955. The molecule has 7 heteroatoms. The Labute approximate surface area is 120 Å². The number of thioether (sulfide) groups is 1. The van der Waals surface area contributed by atoms with E-state index in [1.54, 1.807) is 29.2 Å². The van der Waals surface area contributed by atoms with E-state index in [0.29, 0.717) is 5.56 Å². The van der Waals surface area contributed by atoms with Crippen molar-refractivity contribution in [3.8, 4) is 6.07 Å². The molecule has 0 unspecified atom stereocenters. The number of halogens is 1. The Morgan fingerprint density at radius 2 is 2.06 bits per heavy atom. The monoisotopic (exact) mass is 343 g/mol. The van der Waals surface area contributed by atoms with Gasteiger partial charge in [0.2, 0.25) is 0 Å². The SMILES string of the molecule is CSc1nnc(Sc2cc(Br)cc(C#N)c2)s1. The van der Waals surface area contributed by atoms with Gasteiger partial charge in [0.25, 0.3) is 0 Å². The van der Waals surface area contributed by atoms with Crippen LogP contribution in [-0.4, -0.2) is 16.5 Å². The van der Waals surface area contributed by atoms with Crippen molar-refractivity contribution in [2.24, 2.45) is 0 Å².